The van der Waals surface area contributed by atoms with Gasteiger partial charge in [0.15, 0.2) is 0 Å². The van der Waals surface area contributed by atoms with Gasteiger partial charge in [0, 0.05) is 10.9 Å². The van der Waals surface area contributed by atoms with Crippen LogP contribution in [0.3, 0.4) is 0 Å². The van der Waals surface area contributed by atoms with Crippen LogP contribution in [0, 0.1) is 19.8 Å². The van der Waals surface area contributed by atoms with Gasteiger partial charge in [0.2, 0.25) is 0 Å². The lowest BCUT2D eigenvalue weighted by Crippen LogP contribution is -2.27. The van der Waals surface area contributed by atoms with Crippen LogP contribution in [0.2, 0.25) is 0 Å². The average molecular weight is 240 g/mol. The standard InChI is InChI=1S/C13H24N2S/c1-6-11(7-2)12(14-8-3)13-9(4)15-10(5)16-13/h11-12,14H,6-8H2,1-5H3. The molecule has 16 heavy (non-hydrogen) atoms. The highest BCUT2D eigenvalue weighted by Gasteiger charge is 2.23. The molecule has 1 rings (SSSR count). The van der Waals surface area contributed by atoms with Crippen LogP contribution in [0.1, 0.15) is 55.2 Å². The van der Waals surface area contributed by atoms with Crippen molar-refractivity contribution in [2.45, 2.75) is 53.5 Å². The summed E-state index contributed by atoms with van der Waals surface area (Å²) in [6.07, 6.45) is 2.45. The number of hydrogen-bond donors (Lipinski definition) is 1. The van der Waals surface area contributed by atoms with Crippen molar-refractivity contribution in [2.24, 2.45) is 5.92 Å². The number of nitrogens with zero attached hydrogens (tertiary/aromatic N) is 1. The molecule has 2 nitrogen and oxygen atoms in total. The Bertz CT molecular complexity index is 316. The first-order valence-corrected chi connectivity index (χ1v) is 7.12. The zero-order valence-corrected chi connectivity index (χ0v) is 11.9. The van der Waals surface area contributed by atoms with E-state index >= 15 is 0 Å². The number of rotatable bonds is 6. The van der Waals surface area contributed by atoms with Gasteiger partial charge < -0.3 is 5.32 Å². The summed E-state index contributed by atoms with van der Waals surface area (Å²) >= 11 is 1.85. The second-order valence-electron chi connectivity index (χ2n) is 4.29. The molecule has 1 aromatic heterocycles. The van der Waals surface area contributed by atoms with Gasteiger partial charge in [0.1, 0.15) is 0 Å². The lowest BCUT2D eigenvalue weighted by Gasteiger charge is -2.25. The second-order valence-corrected chi connectivity index (χ2v) is 5.53. The predicted molar refractivity (Wildman–Crippen MR) is 72.1 cm³/mol. The van der Waals surface area contributed by atoms with E-state index in [4.69, 9.17) is 0 Å². The second kappa shape index (κ2) is 6.36. The van der Waals surface area contributed by atoms with Gasteiger partial charge in [-0.3, -0.25) is 0 Å². The van der Waals surface area contributed by atoms with Crippen molar-refractivity contribution < 1.29 is 0 Å². The van der Waals surface area contributed by atoms with Crippen LogP contribution in [0.4, 0.5) is 0 Å². The molecule has 1 N–H and O–H groups in total. The van der Waals surface area contributed by atoms with Crippen molar-refractivity contribution in [2.75, 3.05) is 6.54 Å². The minimum Gasteiger partial charge on any atom is -0.309 e. The van der Waals surface area contributed by atoms with Gasteiger partial charge in [-0.2, -0.15) is 0 Å². The number of aromatic nitrogens is 1. The number of hydrogen-bond acceptors (Lipinski definition) is 3. The molecular weight excluding hydrogens is 216 g/mol. The van der Waals surface area contributed by atoms with Gasteiger partial charge in [-0.1, -0.05) is 33.6 Å². The maximum Gasteiger partial charge on any atom is 0.0900 e. The van der Waals surface area contributed by atoms with E-state index < -0.39 is 0 Å². The normalized spacial score (nSPS) is 13.4. The zero-order valence-electron chi connectivity index (χ0n) is 11.1. The Morgan fingerprint density at radius 2 is 1.81 bits per heavy atom. The molecule has 0 aliphatic carbocycles. The number of thiazole rings is 1. The largest absolute Gasteiger partial charge is 0.309 e. The fraction of sp³-hybridized carbons (Fsp3) is 0.769. The molecule has 1 unspecified atom stereocenters. The first-order valence-electron chi connectivity index (χ1n) is 6.31. The van der Waals surface area contributed by atoms with E-state index in [1.54, 1.807) is 0 Å². The predicted octanol–water partition coefficient (Wildman–Crippen LogP) is 3.85. The Kier molecular flexibility index (Phi) is 5.42. The fourth-order valence-electron chi connectivity index (χ4n) is 2.29. The van der Waals surface area contributed by atoms with Crippen LogP contribution in [0.15, 0.2) is 0 Å². The first kappa shape index (κ1) is 13.7. The van der Waals surface area contributed by atoms with E-state index in [1.807, 2.05) is 11.3 Å². The number of aryl methyl sites for hydroxylation is 2. The highest BCUT2D eigenvalue weighted by atomic mass is 32.1. The minimum atomic E-state index is 0.492. The van der Waals surface area contributed by atoms with E-state index in [0.29, 0.717) is 6.04 Å². The van der Waals surface area contributed by atoms with E-state index in [1.165, 1.54) is 28.4 Å². The van der Waals surface area contributed by atoms with Crippen molar-refractivity contribution in [3.05, 3.63) is 15.6 Å². The molecule has 1 aromatic rings. The Hall–Kier alpha value is -0.410. The summed E-state index contributed by atoms with van der Waals surface area (Å²) in [5.74, 6) is 0.721. The monoisotopic (exact) mass is 240 g/mol. The van der Waals surface area contributed by atoms with Crippen LogP contribution in [0.5, 0.6) is 0 Å². The van der Waals surface area contributed by atoms with E-state index in [2.05, 4.69) is 44.9 Å². The molecule has 92 valence electrons. The van der Waals surface area contributed by atoms with Gasteiger partial charge >= 0.3 is 0 Å². The molecule has 0 radical (unpaired) electrons. The third-order valence-electron chi connectivity index (χ3n) is 3.17. The number of nitrogens with one attached hydrogen (secondary N) is 1. The fourth-order valence-corrected chi connectivity index (χ4v) is 3.39. The molecule has 0 fully saturated rings. The van der Waals surface area contributed by atoms with E-state index in [-0.39, 0.29) is 0 Å². The Balaban J connectivity index is 2.96. The summed E-state index contributed by atoms with van der Waals surface area (Å²) in [6, 6.07) is 0.492. The molecule has 3 heteroatoms. The summed E-state index contributed by atoms with van der Waals surface area (Å²) in [4.78, 5) is 5.98. The maximum absolute atomic E-state index is 4.54. The smallest absolute Gasteiger partial charge is 0.0900 e. The van der Waals surface area contributed by atoms with Crippen LogP contribution in [0.25, 0.3) is 0 Å². The SMILES string of the molecule is CCNC(c1sc(C)nc1C)C(CC)CC. The summed E-state index contributed by atoms with van der Waals surface area (Å²) in [6.45, 7) is 12.0. The highest BCUT2D eigenvalue weighted by Crippen LogP contribution is 2.33. The molecule has 0 bridgehead atoms. The molecule has 0 aliphatic heterocycles. The minimum absolute atomic E-state index is 0.492. The lowest BCUT2D eigenvalue weighted by atomic mass is 9.92. The highest BCUT2D eigenvalue weighted by molar-refractivity contribution is 7.11. The lowest BCUT2D eigenvalue weighted by molar-refractivity contribution is 0.349. The molecule has 0 saturated heterocycles. The molecule has 1 heterocycles. The van der Waals surface area contributed by atoms with Gasteiger partial charge in [0.05, 0.1) is 10.7 Å². The summed E-state index contributed by atoms with van der Waals surface area (Å²) in [5, 5.41) is 4.81. The van der Waals surface area contributed by atoms with Crippen molar-refractivity contribution >= 4 is 11.3 Å². The Morgan fingerprint density at radius 1 is 1.19 bits per heavy atom. The summed E-state index contributed by atoms with van der Waals surface area (Å²) in [7, 11) is 0. The zero-order chi connectivity index (χ0) is 12.1. The first-order chi connectivity index (χ1) is 7.63. The molecule has 0 aliphatic rings. The van der Waals surface area contributed by atoms with E-state index in [9.17, 15) is 0 Å². The molecule has 1 atom stereocenters. The topological polar surface area (TPSA) is 24.9 Å². The van der Waals surface area contributed by atoms with Crippen molar-refractivity contribution in [1.29, 1.82) is 0 Å². The molecular formula is C13H24N2S. The average Bonchev–Trinajstić information content (AvgIpc) is 2.58. The molecule has 0 saturated carbocycles. The molecule has 0 amide bonds. The van der Waals surface area contributed by atoms with Gasteiger partial charge in [-0.25, -0.2) is 4.98 Å². The Labute approximate surface area is 103 Å². The van der Waals surface area contributed by atoms with Crippen molar-refractivity contribution in [3.63, 3.8) is 0 Å². The van der Waals surface area contributed by atoms with Crippen LogP contribution < -0.4 is 5.32 Å². The molecule has 0 spiro atoms. The Morgan fingerprint density at radius 3 is 2.19 bits per heavy atom. The summed E-state index contributed by atoms with van der Waals surface area (Å²) < 4.78 is 0. The summed E-state index contributed by atoms with van der Waals surface area (Å²) in [5.41, 5.74) is 1.21. The van der Waals surface area contributed by atoms with Crippen LogP contribution in [-0.4, -0.2) is 11.5 Å². The molecule has 0 aromatic carbocycles. The van der Waals surface area contributed by atoms with Gasteiger partial charge in [0.25, 0.3) is 0 Å². The van der Waals surface area contributed by atoms with Gasteiger partial charge in [-0.05, 0) is 26.3 Å². The van der Waals surface area contributed by atoms with Crippen molar-refractivity contribution in [1.82, 2.24) is 10.3 Å². The van der Waals surface area contributed by atoms with Gasteiger partial charge in [-0.15, -0.1) is 11.3 Å². The third kappa shape index (κ3) is 3.05. The van der Waals surface area contributed by atoms with Crippen LogP contribution in [-0.2, 0) is 0 Å². The van der Waals surface area contributed by atoms with Crippen molar-refractivity contribution in [3.8, 4) is 0 Å². The van der Waals surface area contributed by atoms with E-state index in [0.717, 1.165) is 12.5 Å². The third-order valence-corrected chi connectivity index (χ3v) is 4.32. The maximum atomic E-state index is 4.54. The quantitative estimate of drug-likeness (QED) is 0.817. The van der Waals surface area contributed by atoms with Crippen LogP contribution >= 0.6 is 11.3 Å².